The average Bonchev–Trinajstić information content (AvgIpc) is 2.22. The fourth-order valence-corrected chi connectivity index (χ4v) is 1.80. The van der Waals surface area contributed by atoms with Crippen molar-refractivity contribution in [2.45, 2.75) is 27.2 Å². The Labute approximate surface area is 105 Å². The first-order valence-electron chi connectivity index (χ1n) is 5.44. The molecule has 0 bridgehead atoms. The van der Waals surface area contributed by atoms with Crippen molar-refractivity contribution in [3.63, 3.8) is 0 Å². The third-order valence-electron chi connectivity index (χ3n) is 3.32. The van der Waals surface area contributed by atoms with E-state index in [0.717, 1.165) is 5.56 Å². The second-order valence-electron chi connectivity index (χ2n) is 4.80. The molecule has 0 spiro atoms. The number of halogens is 2. The summed E-state index contributed by atoms with van der Waals surface area (Å²) in [5.41, 5.74) is -0.142. The lowest BCUT2D eigenvalue weighted by atomic mass is 9.74. The van der Waals surface area contributed by atoms with E-state index in [1.807, 2.05) is 13.8 Å². The lowest BCUT2D eigenvalue weighted by Crippen LogP contribution is -2.35. The van der Waals surface area contributed by atoms with Gasteiger partial charge in [-0.1, -0.05) is 31.5 Å². The number of carboxylic acid groups (broad SMARTS) is 1. The van der Waals surface area contributed by atoms with Crippen LogP contribution in [0.15, 0.2) is 18.2 Å². The molecule has 1 aromatic rings. The summed E-state index contributed by atoms with van der Waals surface area (Å²) >= 11 is 5.68. The molecule has 0 saturated heterocycles. The minimum absolute atomic E-state index is 0.0242. The molecule has 0 aromatic heterocycles. The van der Waals surface area contributed by atoms with Crippen LogP contribution in [-0.2, 0) is 11.2 Å². The van der Waals surface area contributed by atoms with Gasteiger partial charge < -0.3 is 5.11 Å². The quantitative estimate of drug-likeness (QED) is 0.893. The molecule has 0 fully saturated rings. The first-order valence-corrected chi connectivity index (χ1v) is 5.82. The molecule has 4 heteroatoms. The van der Waals surface area contributed by atoms with Gasteiger partial charge in [-0.05, 0) is 37.0 Å². The Morgan fingerprint density at radius 3 is 2.53 bits per heavy atom. The highest BCUT2D eigenvalue weighted by molar-refractivity contribution is 6.30. The van der Waals surface area contributed by atoms with Crippen LogP contribution in [0.2, 0.25) is 5.02 Å². The van der Waals surface area contributed by atoms with Crippen molar-refractivity contribution in [3.05, 3.63) is 34.6 Å². The van der Waals surface area contributed by atoms with Crippen molar-refractivity contribution in [2.75, 3.05) is 0 Å². The highest BCUT2D eigenvalue weighted by Crippen LogP contribution is 2.32. The van der Waals surface area contributed by atoms with Crippen LogP contribution in [0.5, 0.6) is 0 Å². The zero-order valence-corrected chi connectivity index (χ0v) is 10.9. The van der Waals surface area contributed by atoms with E-state index in [1.165, 1.54) is 12.1 Å². The molecule has 0 amide bonds. The Morgan fingerprint density at radius 1 is 1.53 bits per heavy atom. The van der Waals surface area contributed by atoms with Gasteiger partial charge in [0, 0.05) is 0 Å². The van der Waals surface area contributed by atoms with Crippen molar-refractivity contribution in [3.8, 4) is 0 Å². The minimum atomic E-state index is -0.874. The molecule has 2 nitrogen and oxygen atoms in total. The largest absolute Gasteiger partial charge is 0.481 e. The molecule has 1 atom stereocenters. The molecule has 0 aliphatic carbocycles. The zero-order chi connectivity index (χ0) is 13.2. The highest BCUT2D eigenvalue weighted by Gasteiger charge is 2.36. The SMILES string of the molecule is CC(C)C(C)(Cc1ccc(F)c(Cl)c1)C(=O)O. The van der Waals surface area contributed by atoms with Gasteiger partial charge in [0.05, 0.1) is 10.4 Å². The monoisotopic (exact) mass is 258 g/mol. The number of rotatable bonds is 4. The van der Waals surface area contributed by atoms with Crippen molar-refractivity contribution in [1.82, 2.24) is 0 Å². The predicted molar refractivity (Wildman–Crippen MR) is 65.7 cm³/mol. The van der Waals surface area contributed by atoms with Gasteiger partial charge in [0.1, 0.15) is 5.82 Å². The number of benzene rings is 1. The number of hydrogen-bond donors (Lipinski definition) is 1. The summed E-state index contributed by atoms with van der Waals surface area (Å²) in [4.78, 5) is 11.3. The Kier molecular flexibility index (Phi) is 4.15. The van der Waals surface area contributed by atoms with E-state index in [4.69, 9.17) is 11.6 Å². The Hall–Kier alpha value is -1.09. The fraction of sp³-hybridized carbons (Fsp3) is 0.462. The predicted octanol–water partition coefficient (Wildman–Crippen LogP) is 3.77. The van der Waals surface area contributed by atoms with E-state index < -0.39 is 17.2 Å². The average molecular weight is 259 g/mol. The summed E-state index contributed by atoms with van der Waals surface area (Å²) in [5.74, 6) is -1.37. The second kappa shape index (κ2) is 5.05. The smallest absolute Gasteiger partial charge is 0.309 e. The molecule has 94 valence electrons. The van der Waals surface area contributed by atoms with Crippen LogP contribution in [0.4, 0.5) is 4.39 Å². The molecular formula is C13H16ClFO2. The van der Waals surface area contributed by atoms with Gasteiger partial charge in [0.25, 0.3) is 0 Å². The van der Waals surface area contributed by atoms with E-state index in [2.05, 4.69) is 0 Å². The van der Waals surface area contributed by atoms with Crippen LogP contribution in [0.1, 0.15) is 26.3 Å². The standard InChI is InChI=1S/C13H16ClFO2/c1-8(2)13(3,12(16)17)7-9-4-5-11(15)10(14)6-9/h4-6,8H,7H2,1-3H3,(H,16,17). The van der Waals surface area contributed by atoms with Crippen LogP contribution in [-0.4, -0.2) is 11.1 Å². The number of hydrogen-bond acceptors (Lipinski definition) is 1. The summed E-state index contributed by atoms with van der Waals surface area (Å²) in [6, 6.07) is 4.32. The van der Waals surface area contributed by atoms with Crippen LogP contribution >= 0.6 is 11.6 Å². The lowest BCUT2D eigenvalue weighted by molar-refractivity contribution is -0.150. The number of carboxylic acids is 1. The van der Waals surface area contributed by atoms with Gasteiger partial charge in [-0.25, -0.2) is 4.39 Å². The maximum Gasteiger partial charge on any atom is 0.309 e. The Balaban J connectivity index is 3.02. The van der Waals surface area contributed by atoms with E-state index in [0.29, 0.717) is 6.42 Å². The number of carbonyl (C=O) groups is 1. The third-order valence-corrected chi connectivity index (χ3v) is 3.61. The Morgan fingerprint density at radius 2 is 2.12 bits per heavy atom. The molecule has 0 saturated carbocycles. The Bertz CT molecular complexity index is 431. The minimum Gasteiger partial charge on any atom is -0.481 e. The normalized spacial score (nSPS) is 14.7. The summed E-state index contributed by atoms with van der Waals surface area (Å²) in [7, 11) is 0. The molecule has 0 heterocycles. The molecule has 1 unspecified atom stereocenters. The molecule has 1 N–H and O–H groups in total. The molecule has 1 rings (SSSR count). The summed E-state index contributed by atoms with van der Waals surface area (Å²) in [6.07, 6.45) is 0.333. The highest BCUT2D eigenvalue weighted by atomic mass is 35.5. The molecule has 0 aliphatic rings. The van der Waals surface area contributed by atoms with E-state index in [-0.39, 0.29) is 10.9 Å². The molecule has 0 aliphatic heterocycles. The third kappa shape index (κ3) is 2.97. The summed E-state index contributed by atoms with van der Waals surface area (Å²) < 4.78 is 13.0. The van der Waals surface area contributed by atoms with Gasteiger partial charge in [-0.3, -0.25) is 4.79 Å². The number of aliphatic carboxylic acids is 1. The van der Waals surface area contributed by atoms with Crippen molar-refractivity contribution >= 4 is 17.6 Å². The van der Waals surface area contributed by atoms with Crippen molar-refractivity contribution in [2.24, 2.45) is 11.3 Å². The first kappa shape index (κ1) is 14.0. The van der Waals surface area contributed by atoms with Gasteiger partial charge in [0.2, 0.25) is 0 Å². The van der Waals surface area contributed by atoms with Crippen LogP contribution in [0.3, 0.4) is 0 Å². The van der Waals surface area contributed by atoms with Crippen molar-refractivity contribution < 1.29 is 14.3 Å². The van der Waals surface area contributed by atoms with Crippen LogP contribution < -0.4 is 0 Å². The van der Waals surface area contributed by atoms with Crippen molar-refractivity contribution in [1.29, 1.82) is 0 Å². The van der Waals surface area contributed by atoms with Gasteiger partial charge in [-0.2, -0.15) is 0 Å². The fourth-order valence-electron chi connectivity index (χ4n) is 1.60. The van der Waals surface area contributed by atoms with Crippen LogP contribution in [0, 0.1) is 17.2 Å². The van der Waals surface area contributed by atoms with Crippen LogP contribution in [0.25, 0.3) is 0 Å². The maximum atomic E-state index is 13.0. The first-order chi connectivity index (χ1) is 7.77. The molecular weight excluding hydrogens is 243 g/mol. The van der Waals surface area contributed by atoms with Gasteiger partial charge >= 0.3 is 5.97 Å². The molecule has 0 radical (unpaired) electrons. The van der Waals surface area contributed by atoms with Gasteiger partial charge in [-0.15, -0.1) is 0 Å². The van der Waals surface area contributed by atoms with E-state index in [9.17, 15) is 14.3 Å². The van der Waals surface area contributed by atoms with E-state index in [1.54, 1.807) is 13.0 Å². The molecule has 17 heavy (non-hydrogen) atoms. The van der Waals surface area contributed by atoms with E-state index >= 15 is 0 Å². The lowest BCUT2D eigenvalue weighted by Gasteiger charge is -2.29. The summed E-state index contributed by atoms with van der Waals surface area (Å²) in [6.45, 7) is 5.41. The maximum absolute atomic E-state index is 13.0. The van der Waals surface area contributed by atoms with Gasteiger partial charge in [0.15, 0.2) is 0 Å². The second-order valence-corrected chi connectivity index (χ2v) is 5.21. The summed E-state index contributed by atoms with van der Waals surface area (Å²) in [5, 5.41) is 9.31. The zero-order valence-electron chi connectivity index (χ0n) is 10.1. The topological polar surface area (TPSA) is 37.3 Å². The molecule has 1 aromatic carbocycles.